The number of ether oxygens (including phenoxy) is 2. The van der Waals surface area contributed by atoms with Gasteiger partial charge in [0.2, 0.25) is 0 Å². The summed E-state index contributed by atoms with van der Waals surface area (Å²) in [6.07, 6.45) is -0.733. The summed E-state index contributed by atoms with van der Waals surface area (Å²) in [4.78, 5) is 37.0. The molecular weight excluding hydrogens is 376 g/mol. The van der Waals surface area contributed by atoms with Gasteiger partial charge in [0.15, 0.2) is 11.9 Å². The number of benzene rings is 2. The monoisotopic (exact) mass is 398 g/mol. The first-order valence-corrected chi connectivity index (χ1v) is 9.34. The molecule has 0 aliphatic carbocycles. The number of hydrogen-bond donors (Lipinski definition) is 0. The summed E-state index contributed by atoms with van der Waals surface area (Å²) in [6, 6.07) is 11.0. The number of nitro groups is 1. The molecule has 0 aromatic heterocycles. The van der Waals surface area contributed by atoms with Gasteiger partial charge in [0.05, 0.1) is 35.4 Å². The molecule has 8 heteroatoms. The topological polar surface area (TPSA) is 99.0 Å². The van der Waals surface area contributed by atoms with E-state index in [1.165, 1.54) is 18.2 Å². The van der Waals surface area contributed by atoms with E-state index in [0.29, 0.717) is 23.6 Å². The second-order valence-electron chi connectivity index (χ2n) is 7.03. The molecular formula is C21H22N2O6. The third-order valence-corrected chi connectivity index (χ3v) is 4.62. The molecule has 0 saturated heterocycles. The van der Waals surface area contributed by atoms with Crippen molar-refractivity contribution in [2.24, 2.45) is 5.92 Å². The van der Waals surface area contributed by atoms with E-state index in [-0.39, 0.29) is 24.1 Å². The van der Waals surface area contributed by atoms with Gasteiger partial charge in [0.25, 0.3) is 11.6 Å². The molecule has 2 aromatic rings. The van der Waals surface area contributed by atoms with Crippen molar-refractivity contribution in [3.8, 4) is 5.75 Å². The van der Waals surface area contributed by atoms with Crippen LogP contribution in [0.1, 0.15) is 36.7 Å². The first-order chi connectivity index (χ1) is 13.8. The summed E-state index contributed by atoms with van der Waals surface area (Å²) in [5, 5.41) is 11.1. The molecule has 3 rings (SSSR count). The van der Waals surface area contributed by atoms with Gasteiger partial charge < -0.3 is 14.4 Å². The van der Waals surface area contributed by atoms with E-state index in [9.17, 15) is 19.7 Å². The van der Waals surface area contributed by atoms with Gasteiger partial charge in [-0.05, 0) is 36.6 Å². The zero-order chi connectivity index (χ0) is 21.1. The number of anilines is 1. The van der Waals surface area contributed by atoms with Crippen molar-refractivity contribution in [3.05, 3.63) is 63.7 Å². The normalized spacial score (nSPS) is 15.7. The fraction of sp³-hybridized carbons (Fsp3) is 0.333. The van der Waals surface area contributed by atoms with Gasteiger partial charge in [-0.15, -0.1) is 0 Å². The van der Waals surface area contributed by atoms with Crippen molar-refractivity contribution < 1.29 is 24.0 Å². The van der Waals surface area contributed by atoms with Crippen molar-refractivity contribution in [1.29, 1.82) is 0 Å². The van der Waals surface area contributed by atoms with E-state index in [4.69, 9.17) is 9.47 Å². The van der Waals surface area contributed by atoms with Crippen LogP contribution in [0.15, 0.2) is 42.5 Å². The molecule has 0 fully saturated rings. The average Bonchev–Trinajstić information content (AvgIpc) is 2.69. The predicted molar refractivity (Wildman–Crippen MR) is 106 cm³/mol. The number of rotatable bonds is 6. The van der Waals surface area contributed by atoms with Crippen molar-refractivity contribution in [2.75, 3.05) is 11.5 Å². The van der Waals surface area contributed by atoms with Gasteiger partial charge in [-0.1, -0.05) is 26.0 Å². The SMILES string of the molecule is CCOC(=O)c1ccc(CN2C(=O)C(C(C)C)Oc3cc([N+](=O)[O-])ccc32)cc1. The number of hydrogen-bond acceptors (Lipinski definition) is 6. The summed E-state index contributed by atoms with van der Waals surface area (Å²) < 4.78 is 10.8. The highest BCUT2D eigenvalue weighted by atomic mass is 16.6. The molecule has 1 amide bonds. The minimum atomic E-state index is -0.733. The van der Waals surface area contributed by atoms with Crippen LogP contribution in [0.3, 0.4) is 0 Å². The number of nitro benzene ring substituents is 1. The lowest BCUT2D eigenvalue weighted by atomic mass is 10.0. The Hall–Kier alpha value is -3.42. The predicted octanol–water partition coefficient (Wildman–Crippen LogP) is 3.72. The lowest BCUT2D eigenvalue weighted by Gasteiger charge is -2.36. The Bertz CT molecular complexity index is 939. The van der Waals surface area contributed by atoms with Crippen LogP contribution in [-0.2, 0) is 16.1 Å². The molecule has 0 bridgehead atoms. The Morgan fingerprint density at radius 2 is 1.93 bits per heavy atom. The quantitative estimate of drug-likeness (QED) is 0.418. The molecule has 1 heterocycles. The number of carbonyl (C=O) groups excluding carboxylic acids is 2. The zero-order valence-corrected chi connectivity index (χ0v) is 16.5. The second kappa shape index (κ2) is 8.30. The van der Waals surface area contributed by atoms with E-state index in [1.807, 2.05) is 13.8 Å². The smallest absolute Gasteiger partial charge is 0.338 e. The Labute approximate surface area is 168 Å². The van der Waals surface area contributed by atoms with Gasteiger partial charge >= 0.3 is 5.97 Å². The summed E-state index contributed by atoms with van der Waals surface area (Å²) in [6.45, 7) is 6.00. The molecule has 0 N–H and O–H groups in total. The Morgan fingerprint density at radius 1 is 1.24 bits per heavy atom. The highest BCUT2D eigenvalue weighted by Gasteiger charge is 2.37. The molecule has 29 heavy (non-hydrogen) atoms. The van der Waals surface area contributed by atoms with Crippen LogP contribution in [0.4, 0.5) is 11.4 Å². The zero-order valence-electron chi connectivity index (χ0n) is 16.5. The van der Waals surface area contributed by atoms with Gasteiger partial charge in [-0.25, -0.2) is 4.79 Å². The van der Waals surface area contributed by atoms with Crippen molar-refractivity contribution in [2.45, 2.75) is 33.4 Å². The van der Waals surface area contributed by atoms with Crippen LogP contribution in [0, 0.1) is 16.0 Å². The summed E-state index contributed by atoms with van der Waals surface area (Å²) in [5.74, 6) is -0.418. The Kier molecular flexibility index (Phi) is 5.81. The minimum absolute atomic E-state index is 0.0978. The van der Waals surface area contributed by atoms with E-state index in [0.717, 1.165) is 5.56 Å². The van der Waals surface area contributed by atoms with Crippen LogP contribution in [0.2, 0.25) is 0 Å². The van der Waals surface area contributed by atoms with Crippen molar-refractivity contribution in [3.63, 3.8) is 0 Å². The Morgan fingerprint density at radius 3 is 2.52 bits per heavy atom. The highest BCUT2D eigenvalue weighted by Crippen LogP contribution is 2.39. The third-order valence-electron chi connectivity index (χ3n) is 4.62. The average molecular weight is 398 g/mol. The molecule has 0 spiro atoms. The number of non-ortho nitro benzene ring substituents is 1. The largest absolute Gasteiger partial charge is 0.478 e. The summed E-state index contributed by atoms with van der Waals surface area (Å²) in [7, 11) is 0. The van der Waals surface area contributed by atoms with Crippen LogP contribution >= 0.6 is 0 Å². The molecule has 0 radical (unpaired) electrons. The van der Waals surface area contributed by atoms with E-state index in [1.54, 1.807) is 36.1 Å². The molecule has 152 valence electrons. The number of nitrogens with zero attached hydrogens (tertiary/aromatic N) is 2. The van der Waals surface area contributed by atoms with E-state index in [2.05, 4.69) is 0 Å². The lowest BCUT2D eigenvalue weighted by Crippen LogP contribution is -2.48. The standard InChI is InChI=1S/C21H22N2O6/c1-4-28-21(25)15-7-5-14(6-8-15)12-22-17-10-9-16(23(26)27)11-18(17)29-19(13(2)3)20(22)24/h5-11,13,19H,4,12H2,1-3H3. The molecule has 8 nitrogen and oxygen atoms in total. The molecule has 1 unspecified atom stereocenters. The van der Waals surface area contributed by atoms with Gasteiger partial charge in [-0.2, -0.15) is 0 Å². The van der Waals surface area contributed by atoms with Crippen LogP contribution in [0.25, 0.3) is 0 Å². The molecule has 2 aromatic carbocycles. The minimum Gasteiger partial charge on any atom is -0.478 e. The lowest BCUT2D eigenvalue weighted by molar-refractivity contribution is -0.384. The Balaban J connectivity index is 1.92. The first-order valence-electron chi connectivity index (χ1n) is 9.34. The number of amides is 1. The third kappa shape index (κ3) is 4.21. The molecule has 0 saturated carbocycles. The highest BCUT2D eigenvalue weighted by molar-refractivity contribution is 6.00. The van der Waals surface area contributed by atoms with Gasteiger partial charge in [0.1, 0.15) is 0 Å². The van der Waals surface area contributed by atoms with Gasteiger partial charge in [-0.3, -0.25) is 14.9 Å². The van der Waals surface area contributed by atoms with Gasteiger partial charge in [0, 0.05) is 6.07 Å². The maximum Gasteiger partial charge on any atom is 0.338 e. The maximum atomic E-state index is 13.0. The number of fused-ring (bicyclic) bond motifs is 1. The van der Waals surface area contributed by atoms with Crippen LogP contribution < -0.4 is 9.64 Å². The molecule has 1 aliphatic heterocycles. The van der Waals surface area contributed by atoms with Crippen molar-refractivity contribution in [1.82, 2.24) is 0 Å². The fourth-order valence-electron chi connectivity index (χ4n) is 3.12. The van der Waals surface area contributed by atoms with Crippen LogP contribution in [-0.4, -0.2) is 29.5 Å². The summed E-state index contributed by atoms with van der Waals surface area (Å²) in [5.41, 5.74) is 1.62. The second-order valence-corrected chi connectivity index (χ2v) is 7.03. The number of carbonyl (C=O) groups is 2. The van der Waals surface area contributed by atoms with Crippen molar-refractivity contribution >= 4 is 23.3 Å². The number of esters is 1. The van der Waals surface area contributed by atoms with E-state index >= 15 is 0 Å². The molecule has 1 atom stereocenters. The van der Waals surface area contributed by atoms with Crippen LogP contribution in [0.5, 0.6) is 5.75 Å². The summed E-state index contributed by atoms with van der Waals surface area (Å²) >= 11 is 0. The van der Waals surface area contributed by atoms with E-state index < -0.39 is 17.0 Å². The fourth-order valence-corrected chi connectivity index (χ4v) is 3.12. The molecule has 1 aliphatic rings. The maximum absolute atomic E-state index is 13.0. The first kappa shape index (κ1) is 20.3.